The lowest BCUT2D eigenvalue weighted by molar-refractivity contribution is -0.0156. The molecule has 0 bridgehead atoms. The van der Waals surface area contributed by atoms with E-state index in [1.165, 1.54) is 0 Å². The summed E-state index contributed by atoms with van der Waals surface area (Å²) in [6.45, 7) is 8.00. The van der Waals surface area contributed by atoms with E-state index < -0.39 is 5.54 Å². The monoisotopic (exact) mass is 300 g/mol. The Labute approximate surface area is 128 Å². The van der Waals surface area contributed by atoms with Gasteiger partial charge in [-0.1, -0.05) is 13.3 Å². The number of carbonyl (C=O) groups is 1. The maximum Gasteiger partial charge on any atom is 0.315 e. The Morgan fingerprint density at radius 2 is 1.95 bits per heavy atom. The van der Waals surface area contributed by atoms with Crippen molar-refractivity contribution in [2.45, 2.75) is 90.0 Å². The van der Waals surface area contributed by atoms with Gasteiger partial charge in [-0.05, 0) is 52.9 Å². The zero-order valence-electron chi connectivity index (χ0n) is 13.9. The van der Waals surface area contributed by atoms with Crippen molar-refractivity contribution < 1.29 is 14.6 Å². The number of nitrogens with one attached hydrogen (secondary N) is 2. The lowest BCUT2D eigenvalue weighted by Crippen LogP contribution is -2.54. The number of urea groups is 1. The van der Waals surface area contributed by atoms with Gasteiger partial charge in [-0.25, -0.2) is 4.79 Å². The minimum atomic E-state index is -0.531. The van der Waals surface area contributed by atoms with Crippen molar-refractivity contribution >= 4 is 6.03 Å². The van der Waals surface area contributed by atoms with Gasteiger partial charge in [-0.15, -0.1) is 0 Å². The van der Waals surface area contributed by atoms with E-state index in [4.69, 9.17) is 4.74 Å². The average Bonchev–Trinajstić information content (AvgIpc) is 2.40. The van der Waals surface area contributed by atoms with Crippen LogP contribution in [-0.2, 0) is 4.74 Å². The number of amides is 2. The predicted molar refractivity (Wildman–Crippen MR) is 84.3 cm³/mol. The van der Waals surface area contributed by atoms with Gasteiger partial charge in [-0.2, -0.15) is 0 Å². The summed E-state index contributed by atoms with van der Waals surface area (Å²) in [5.41, 5.74) is -0.531. The van der Waals surface area contributed by atoms with Gasteiger partial charge in [0.15, 0.2) is 0 Å². The summed E-state index contributed by atoms with van der Waals surface area (Å²) in [6.07, 6.45) is 6.19. The second-order valence-corrected chi connectivity index (χ2v) is 6.73. The minimum Gasteiger partial charge on any atom is -0.394 e. The zero-order chi connectivity index (χ0) is 15.9. The SMILES string of the molecule is CCCC(C)(CO)NC(=O)NC1CCC(OC(C)C)CC1. The fraction of sp³-hybridized carbons (Fsp3) is 0.938. The number of rotatable bonds is 7. The summed E-state index contributed by atoms with van der Waals surface area (Å²) in [4.78, 5) is 12.1. The van der Waals surface area contributed by atoms with Crippen LogP contribution in [0.1, 0.15) is 66.2 Å². The van der Waals surface area contributed by atoms with Crippen LogP contribution < -0.4 is 10.6 Å². The molecule has 2 amide bonds. The average molecular weight is 300 g/mol. The first kappa shape index (κ1) is 18.2. The molecule has 21 heavy (non-hydrogen) atoms. The van der Waals surface area contributed by atoms with Crippen LogP contribution in [0.3, 0.4) is 0 Å². The molecule has 0 aromatic heterocycles. The molecule has 1 saturated carbocycles. The molecule has 1 aliphatic carbocycles. The fourth-order valence-corrected chi connectivity index (χ4v) is 2.96. The summed E-state index contributed by atoms with van der Waals surface area (Å²) in [5, 5.41) is 15.4. The van der Waals surface area contributed by atoms with Crippen molar-refractivity contribution in [1.29, 1.82) is 0 Å². The van der Waals surface area contributed by atoms with Gasteiger partial charge < -0.3 is 20.5 Å². The largest absolute Gasteiger partial charge is 0.394 e. The summed E-state index contributed by atoms with van der Waals surface area (Å²) in [6, 6.07) is 0.0369. The molecule has 0 spiro atoms. The highest BCUT2D eigenvalue weighted by atomic mass is 16.5. The van der Waals surface area contributed by atoms with Crippen molar-refractivity contribution in [3.05, 3.63) is 0 Å². The molecule has 0 aromatic rings. The summed E-state index contributed by atoms with van der Waals surface area (Å²) in [5.74, 6) is 0. The van der Waals surface area contributed by atoms with Crippen LogP contribution in [0.15, 0.2) is 0 Å². The number of ether oxygens (including phenoxy) is 1. The first-order valence-electron chi connectivity index (χ1n) is 8.23. The fourth-order valence-electron chi connectivity index (χ4n) is 2.96. The second kappa shape index (κ2) is 8.59. The molecule has 1 fully saturated rings. The Hall–Kier alpha value is -0.810. The number of hydrogen-bond donors (Lipinski definition) is 3. The maximum absolute atomic E-state index is 12.1. The Bertz CT molecular complexity index is 315. The van der Waals surface area contributed by atoms with Gasteiger partial charge >= 0.3 is 6.03 Å². The van der Waals surface area contributed by atoms with Gasteiger partial charge in [-0.3, -0.25) is 0 Å². The normalized spacial score (nSPS) is 25.4. The number of hydrogen-bond acceptors (Lipinski definition) is 3. The molecule has 3 N–H and O–H groups in total. The first-order valence-corrected chi connectivity index (χ1v) is 8.23. The van der Waals surface area contributed by atoms with Crippen molar-refractivity contribution in [3.63, 3.8) is 0 Å². The van der Waals surface area contributed by atoms with E-state index in [9.17, 15) is 9.90 Å². The summed E-state index contributed by atoms with van der Waals surface area (Å²) >= 11 is 0. The first-order chi connectivity index (χ1) is 9.88. The summed E-state index contributed by atoms with van der Waals surface area (Å²) < 4.78 is 5.81. The third kappa shape index (κ3) is 6.66. The molecule has 0 saturated heterocycles. The zero-order valence-corrected chi connectivity index (χ0v) is 13.9. The lowest BCUT2D eigenvalue weighted by Gasteiger charge is -2.33. The van der Waals surface area contributed by atoms with Crippen LogP contribution >= 0.6 is 0 Å². The molecule has 0 aliphatic heterocycles. The number of carbonyl (C=O) groups excluding carboxylic acids is 1. The molecule has 5 heteroatoms. The highest BCUT2D eigenvalue weighted by Crippen LogP contribution is 2.22. The Balaban J connectivity index is 2.33. The van der Waals surface area contributed by atoms with Gasteiger partial charge in [0.25, 0.3) is 0 Å². The topological polar surface area (TPSA) is 70.6 Å². The van der Waals surface area contributed by atoms with Crippen molar-refractivity contribution in [3.8, 4) is 0 Å². The van der Waals surface area contributed by atoms with E-state index in [2.05, 4.69) is 24.5 Å². The molecule has 0 aromatic carbocycles. The van der Waals surface area contributed by atoms with Crippen molar-refractivity contribution in [1.82, 2.24) is 10.6 Å². The van der Waals surface area contributed by atoms with Crippen molar-refractivity contribution in [2.24, 2.45) is 0 Å². The molecular formula is C16H32N2O3. The highest BCUT2D eigenvalue weighted by Gasteiger charge is 2.27. The standard InChI is InChI=1S/C16H32N2O3/c1-5-10-16(4,11-19)18-15(20)17-13-6-8-14(9-7-13)21-12(2)3/h12-14,19H,5-11H2,1-4H3,(H2,17,18,20). The molecule has 1 aliphatic rings. The van der Waals surface area contributed by atoms with Crippen LogP contribution in [0, 0.1) is 0 Å². The van der Waals surface area contributed by atoms with Gasteiger partial charge in [0.1, 0.15) is 0 Å². The van der Waals surface area contributed by atoms with Gasteiger partial charge in [0.2, 0.25) is 0 Å². The van der Waals surface area contributed by atoms with E-state index in [0.717, 1.165) is 38.5 Å². The molecule has 0 heterocycles. The molecule has 1 unspecified atom stereocenters. The Kier molecular flexibility index (Phi) is 7.46. The summed E-state index contributed by atoms with van der Waals surface area (Å²) in [7, 11) is 0. The quantitative estimate of drug-likeness (QED) is 0.677. The maximum atomic E-state index is 12.1. The molecular weight excluding hydrogens is 268 g/mol. The molecule has 124 valence electrons. The van der Waals surface area contributed by atoms with E-state index >= 15 is 0 Å². The molecule has 1 atom stereocenters. The highest BCUT2D eigenvalue weighted by molar-refractivity contribution is 5.75. The van der Waals surface area contributed by atoms with E-state index in [-0.39, 0.29) is 24.8 Å². The van der Waals surface area contributed by atoms with Crippen LogP contribution in [0.2, 0.25) is 0 Å². The van der Waals surface area contributed by atoms with Gasteiger partial charge in [0.05, 0.1) is 24.4 Å². The number of aliphatic hydroxyl groups is 1. The molecule has 1 rings (SSSR count). The van der Waals surface area contributed by atoms with Gasteiger partial charge in [0, 0.05) is 6.04 Å². The lowest BCUT2D eigenvalue weighted by atomic mass is 9.93. The molecule has 0 radical (unpaired) electrons. The predicted octanol–water partition coefficient (Wildman–Crippen LogP) is 2.57. The van der Waals surface area contributed by atoms with E-state index in [1.807, 2.05) is 13.8 Å². The van der Waals surface area contributed by atoms with Crippen LogP contribution in [0.25, 0.3) is 0 Å². The van der Waals surface area contributed by atoms with Crippen LogP contribution in [-0.4, -0.2) is 41.5 Å². The van der Waals surface area contributed by atoms with Crippen LogP contribution in [0.5, 0.6) is 0 Å². The Morgan fingerprint density at radius 3 is 2.43 bits per heavy atom. The van der Waals surface area contributed by atoms with E-state index in [0.29, 0.717) is 6.10 Å². The van der Waals surface area contributed by atoms with Crippen molar-refractivity contribution in [2.75, 3.05) is 6.61 Å². The minimum absolute atomic E-state index is 0.0385. The Morgan fingerprint density at radius 1 is 1.33 bits per heavy atom. The van der Waals surface area contributed by atoms with E-state index in [1.54, 1.807) is 0 Å². The number of aliphatic hydroxyl groups excluding tert-OH is 1. The second-order valence-electron chi connectivity index (χ2n) is 6.73. The third-order valence-electron chi connectivity index (χ3n) is 4.04. The smallest absolute Gasteiger partial charge is 0.315 e. The molecule has 5 nitrogen and oxygen atoms in total. The van der Waals surface area contributed by atoms with Crippen LogP contribution in [0.4, 0.5) is 4.79 Å². The third-order valence-corrected chi connectivity index (χ3v) is 4.04.